The Morgan fingerprint density at radius 2 is 1.89 bits per heavy atom. The standard InChI is InChI=1S/C14H12Br2FN/c1-9-5-6-10(7-12(9)16)8-18-14-11(15)3-2-4-13(14)17/h2-7,18H,8H2,1H3. The van der Waals surface area contributed by atoms with Gasteiger partial charge < -0.3 is 5.32 Å². The summed E-state index contributed by atoms with van der Waals surface area (Å²) >= 11 is 6.83. The third-order valence-electron chi connectivity index (χ3n) is 2.67. The molecule has 1 nitrogen and oxygen atoms in total. The van der Waals surface area contributed by atoms with Gasteiger partial charge in [0.25, 0.3) is 0 Å². The molecule has 0 aliphatic carbocycles. The highest BCUT2D eigenvalue weighted by Crippen LogP contribution is 2.26. The zero-order valence-corrected chi connectivity index (χ0v) is 13.0. The molecule has 0 saturated carbocycles. The maximum atomic E-state index is 13.6. The number of hydrogen-bond acceptors (Lipinski definition) is 1. The van der Waals surface area contributed by atoms with E-state index in [9.17, 15) is 4.39 Å². The number of rotatable bonds is 3. The molecule has 0 saturated heterocycles. The Hall–Kier alpha value is -0.870. The number of benzene rings is 2. The largest absolute Gasteiger partial charge is 0.378 e. The first-order valence-electron chi connectivity index (χ1n) is 5.51. The van der Waals surface area contributed by atoms with E-state index in [1.165, 1.54) is 11.6 Å². The monoisotopic (exact) mass is 371 g/mol. The molecule has 0 amide bonds. The third kappa shape index (κ3) is 3.12. The number of halogens is 3. The highest BCUT2D eigenvalue weighted by atomic mass is 79.9. The lowest BCUT2D eigenvalue weighted by atomic mass is 10.1. The number of anilines is 1. The topological polar surface area (TPSA) is 12.0 Å². The fourth-order valence-electron chi connectivity index (χ4n) is 1.60. The van der Waals surface area contributed by atoms with Gasteiger partial charge in [0.05, 0.1) is 5.69 Å². The van der Waals surface area contributed by atoms with Gasteiger partial charge in [-0.25, -0.2) is 4.39 Å². The molecule has 94 valence electrons. The molecule has 0 aliphatic heterocycles. The Bertz CT molecular complexity index is 549. The van der Waals surface area contributed by atoms with E-state index in [2.05, 4.69) is 37.2 Å². The summed E-state index contributed by atoms with van der Waals surface area (Å²) in [4.78, 5) is 0. The molecule has 1 N–H and O–H groups in total. The molecule has 2 aromatic carbocycles. The summed E-state index contributed by atoms with van der Waals surface area (Å²) < 4.78 is 15.4. The molecule has 18 heavy (non-hydrogen) atoms. The molecule has 4 heteroatoms. The number of para-hydroxylation sites is 1. The second kappa shape index (κ2) is 5.85. The fourth-order valence-corrected chi connectivity index (χ4v) is 2.51. The first kappa shape index (κ1) is 13.6. The van der Waals surface area contributed by atoms with Crippen LogP contribution < -0.4 is 5.32 Å². The Kier molecular flexibility index (Phi) is 4.40. The first-order valence-corrected chi connectivity index (χ1v) is 7.09. The lowest BCUT2D eigenvalue weighted by molar-refractivity contribution is 0.629. The van der Waals surface area contributed by atoms with Crippen molar-refractivity contribution in [3.8, 4) is 0 Å². The minimum absolute atomic E-state index is 0.254. The zero-order valence-electron chi connectivity index (χ0n) is 9.81. The summed E-state index contributed by atoms with van der Waals surface area (Å²) in [5.41, 5.74) is 2.78. The quantitative estimate of drug-likeness (QED) is 0.773. The Morgan fingerprint density at radius 3 is 2.56 bits per heavy atom. The van der Waals surface area contributed by atoms with Gasteiger partial charge in [0.15, 0.2) is 0 Å². The molecule has 0 atom stereocenters. The van der Waals surface area contributed by atoms with E-state index in [4.69, 9.17) is 0 Å². The van der Waals surface area contributed by atoms with Gasteiger partial charge in [-0.15, -0.1) is 0 Å². The molecule has 0 bridgehead atoms. The van der Waals surface area contributed by atoms with Gasteiger partial charge in [-0.05, 0) is 52.2 Å². The zero-order chi connectivity index (χ0) is 13.1. The second-order valence-electron chi connectivity index (χ2n) is 4.03. The van der Waals surface area contributed by atoms with Gasteiger partial charge in [0.2, 0.25) is 0 Å². The molecule has 0 fully saturated rings. The average Bonchev–Trinajstić information content (AvgIpc) is 2.33. The molecule has 0 aromatic heterocycles. The minimum Gasteiger partial charge on any atom is -0.378 e. The van der Waals surface area contributed by atoms with Crippen LogP contribution in [0.1, 0.15) is 11.1 Å². The van der Waals surface area contributed by atoms with E-state index < -0.39 is 0 Å². The van der Waals surface area contributed by atoms with Crippen molar-refractivity contribution in [3.05, 3.63) is 62.3 Å². The van der Waals surface area contributed by atoms with Crippen molar-refractivity contribution in [2.24, 2.45) is 0 Å². The van der Waals surface area contributed by atoms with Crippen molar-refractivity contribution in [3.63, 3.8) is 0 Å². The van der Waals surface area contributed by atoms with E-state index >= 15 is 0 Å². The molecule has 0 spiro atoms. The van der Waals surface area contributed by atoms with Crippen molar-refractivity contribution in [2.75, 3.05) is 5.32 Å². The smallest absolute Gasteiger partial charge is 0.147 e. The highest BCUT2D eigenvalue weighted by Gasteiger charge is 2.06. The van der Waals surface area contributed by atoms with Crippen LogP contribution in [-0.4, -0.2) is 0 Å². The first-order chi connectivity index (χ1) is 8.58. The van der Waals surface area contributed by atoms with E-state index in [0.717, 1.165) is 14.5 Å². The lowest BCUT2D eigenvalue weighted by Crippen LogP contribution is -2.02. The molecule has 0 unspecified atom stereocenters. The van der Waals surface area contributed by atoms with Crippen LogP contribution in [0.15, 0.2) is 45.3 Å². The minimum atomic E-state index is -0.254. The van der Waals surface area contributed by atoms with Crippen LogP contribution in [0.4, 0.5) is 10.1 Å². The third-order valence-corrected chi connectivity index (χ3v) is 4.18. The van der Waals surface area contributed by atoms with E-state index in [1.54, 1.807) is 6.07 Å². The SMILES string of the molecule is Cc1ccc(CNc2c(F)cccc2Br)cc1Br. The van der Waals surface area contributed by atoms with Gasteiger partial charge in [-0.3, -0.25) is 0 Å². The normalized spacial score (nSPS) is 10.4. The average molecular weight is 373 g/mol. The summed E-state index contributed by atoms with van der Waals surface area (Å²) in [6, 6.07) is 11.0. The van der Waals surface area contributed by atoms with E-state index in [-0.39, 0.29) is 5.82 Å². The molecule has 0 heterocycles. The summed E-state index contributed by atoms with van der Waals surface area (Å²) in [5.74, 6) is -0.254. The van der Waals surface area contributed by atoms with Crippen molar-refractivity contribution in [1.29, 1.82) is 0 Å². The van der Waals surface area contributed by atoms with Crippen molar-refractivity contribution < 1.29 is 4.39 Å². The van der Waals surface area contributed by atoms with Gasteiger partial charge in [-0.1, -0.05) is 34.1 Å². The lowest BCUT2D eigenvalue weighted by Gasteiger charge is -2.10. The van der Waals surface area contributed by atoms with Crippen LogP contribution in [0.5, 0.6) is 0 Å². The van der Waals surface area contributed by atoms with Gasteiger partial charge >= 0.3 is 0 Å². The van der Waals surface area contributed by atoms with Crippen molar-refractivity contribution in [1.82, 2.24) is 0 Å². The Morgan fingerprint density at radius 1 is 1.11 bits per heavy atom. The van der Waals surface area contributed by atoms with E-state index in [1.807, 2.05) is 31.2 Å². The van der Waals surface area contributed by atoms with Gasteiger partial charge in [-0.2, -0.15) is 0 Å². The van der Waals surface area contributed by atoms with Gasteiger partial charge in [0.1, 0.15) is 5.82 Å². The second-order valence-corrected chi connectivity index (χ2v) is 5.74. The maximum absolute atomic E-state index is 13.6. The molecular formula is C14H12Br2FN. The summed E-state index contributed by atoms with van der Waals surface area (Å²) in [7, 11) is 0. The highest BCUT2D eigenvalue weighted by molar-refractivity contribution is 9.10. The van der Waals surface area contributed by atoms with Crippen LogP contribution in [0.2, 0.25) is 0 Å². The van der Waals surface area contributed by atoms with Gasteiger partial charge in [0, 0.05) is 15.5 Å². The summed E-state index contributed by atoms with van der Waals surface area (Å²) in [5, 5.41) is 3.10. The van der Waals surface area contributed by atoms with Crippen LogP contribution in [-0.2, 0) is 6.54 Å². The molecule has 0 radical (unpaired) electrons. The number of hydrogen-bond donors (Lipinski definition) is 1. The predicted molar refractivity (Wildman–Crippen MR) is 80.3 cm³/mol. The Labute approximate surface area is 123 Å². The van der Waals surface area contributed by atoms with E-state index in [0.29, 0.717) is 12.2 Å². The molecular weight excluding hydrogens is 361 g/mol. The van der Waals surface area contributed by atoms with Crippen LogP contribution in [0.25, 0.3) is 0 Å². The Balaban J connectivity index is 2.14. The fraction of sp³-hybridized carbons (Fsp3) is 0.143. The molecule has 0 aliphatic rings. The number of nitrogens with one attached hydrogen (secondary N) is 1. The molecule has 2 aromatic rings. The van der Waals surface area contributed by atoms with Crippen LogP contribution in [0.3, 0.4) is 0 Å². The molecule has 2 rings (SSSR count). The summed E-state index contributed by atoms with van der Waals surface area (Å²) in [6.07, 6.45) is 0. The number of aryl methyl sites for hydroxylation is 1. The van der Waals surface area contributed by atoms with Crippen LogP contribution in [0, 0.1) is 12.7 Å². The maximum Gasteiger partial charge on any atom is 0.147 e. The summed E-state index contributed by atoms with van der Waals surface area (Å²) in [6.45, 7) is 2.62. The van der Waals surface area contributed by atoms with Crippen molar-refractivity contribution >= 4 is 37.5 Å². The predicted octanol–water partition coefficient (Wildman–Crippen LogP) is 5.27. The van der Waals surface area contributed by atoms with Crippen molar-refractivity contribution in [2.45, 2.75) is 13.5 Å². The van der Waals surface area contributed by atoms with Crippen LogP contribution >= 0.6 is 31.9 Å².